The van der Waals surface area contributed by atoms with Gasteiger partial charge in [0.25, 0.3) is 5.91 Å². The summed E-state index contributed by atoms with van der Waals surface area (Å²) in [5.74, 6) is 0.223. The Morgan fingerprint density at radius 1 is 0.938 bits per heavy atom. The molecule has 0 radical (unpaired) electrons. The number of ether oxygens (including phenoxy) is 2. The van der Waals surface area contributed by atoms with Gasteiger partial charge in [-0.05, 0) is 46.0 Å². The number of methoxy groups -OCH3 is 1. The average molecular weight is 428 g/mol. The van der Waals surface area contributed by atoms with Crippen molar-refractivity contribution in [2.24, 2.45) is 5.73 Å². The monoisotopic (exact) mass is 428 g/mol. The maximum absolute atomic E-state index is 13.1. The molecule has 0 unspecified atom stereocenters. The standard InChI is InChI=1S/C26H24N2O4/c1-31-24-14-18(10-12-23(24)32-17-25(27)29)11-13-26(30)28-15-19-6-2-4-8-21(19)22-9-5-3-7-20(22)16-28/h2-14H,15-17H2,1H3,(H2,27,29)/b13-11+. The van der Waals surface area contributed by atoms with Gasteiger partial charge in [-0.2, -0.15) is 0 Å². The van der Waals surface area contributed by atoms with Crippen LogP contribution in [0.4, 0.5) is 0 Å². The molecule has 1 aliphatic heterocycles. The van der Waals surface area contributed by atoms with Crippen molar-refractivity contribution in [3.8, 4) is 22.6 Å². The number of benzene rings is 3. The summed E-state index contributed by atoms with van der Waals surface area (Å²) >= 11 is 0. The van der Waals surface area contributed by atoms with E-state index in [1.54, 1.807) is 30.4 Å². The Balaban J connectivity index is 1.55. The number of fused-ring (bicyclic) bond motifs is 3. The van der Waals surface area contributed by atoms with Crippen LogP contribution in [0, 0.1) is 0 Å². The maximum Gasteiger partial charge on any atom is 0.255 e. The summed E-state index contributed by atoms with van der Waals surface area (Å²) in [7, 11) is 1.51. The fourth-order valence-electron chi connectivity index (χ4n) is 3.79. The largest absolute Gasteiger partial charge is 0.493 e. The highest BCUT2D eigenvalue weighted by Gasteiger charge is 2.21. The van der Waals surface area contributed by atoms with E-state index >= 15 is 0 Å². The van der Waals surface area contributed by atoms with Gasteiger partial charge in [-0.1, -0.05) is 54.6 Å². The Hall–Kier alpha value is -4.06. The van der Waals surface area contributed by atoms with Gasteiger partial charge in [0.15, 0.2) is 18.1 Å². The molecule has 3 aromatic rings. The highest BCUT2D eigenvalue weighted by Crippen LogP contribution is 2.33. The number of hydrogen-bond donors (Lipinski definition) is 1. The molecular formula is C26H24N2O4. The predicted octanol–water partition coefficient (Wildman–Crippen LogP) is 3.78. The van der Waals surface area contributed by atoms with Crippen LogP contribution < -0.4 is 15.2 Å². The SMILES string of the molecule is COc1cc(/C=C/C(=O)N2Cc3ccccc3-c3ccccc3C2)ccc1OCC(N)=O. The van der Waals surface area contributed by atoms with Crippen molar-refractivity contribution in [2.75, 3.05) is 13.7 Å². The highest BCUT2D eigenvalue weighted by atomic mass is 16.5. The molecule has 0 bridgehead atoms. The van der Waals surface area contributed by atoms with Crippen LogP contribution in [0.3, 0.4) is 0 Å². The van der Waals surface area contributed by atoms with E-state index < -0.39 is 5.91 Å². The van der Waals surface area contributed by atoms with Crippen molar-refractivity contribution in [1.29, 1.82) is 0 Å². The second-order valence-corrected chi connectivity index (χ2v) is 7.51. The van der Waals surface area contributed by atoms with Gasteiger partial charge in [0.1, 0.15) is 0 Å². The van der Waals surface area contributed by atoms with Gasteiger partial charge in [0, 0.05) is 19.2 Å². The number of nitrogens with two attached hydrogens (primary N) is 1. The minimum atomic E-state index is -0.567. The van der Waals surface area contributed by atoms with Crippen LogP contribution in [0.15, 0.2) is 72.8 Å². The molecule has 4 rings (SSSR count). The van der Waals surface area contributed by atoms with Crippen molar-refractivity contribution in [2.45, 2.75) is 13.1 Å². The lowest BCUT2D eigenvalue weighted by Crippen LogP contribution is -2.27. The van der Waals surface area contributed by atoms with E-state index in [2.05, 4.69) is 24.3 Å². The molecule has 1 aliphatic rings. The molecule has 2 amide bonds. The van der Waals surface area contributed by atoms with Crippen LogP contribution in [-0.2, 0) is 22.7 Å². The molecule has 6 nitrogen and oxygen atoms in total. The van der Waals surface area contributed by atoms with Crippen LogP contribution in [0.1, 0.15) is 16.7 Å². The van der Waals surface area contributed by atoms with Gasteiger partial charge in [-0.3, -0.25) is 9.59 Å². The number of carbonyl (C=O) groups excluding carboxylic acids is 2. The second-order valence-electron chi connectivity index (χ2n) is 7.51. The Morgan fingerprint density at radius 2 is 1.56 bits per heavy atom. The molecule has 0 aliphatic carbocycles. The number of amides is 2. The number of hydrogen-bond acceptors (Lipinski definition) is 4. The minimum absolute atomic E-state index is 0.0791. The first kappa shape index (κ1) is 21.2. The van der Waals surface area contributed by atoms with Crippen LogP contribution in [-0.4, -0.2) is 30.4 Å². The zero-order valence-corrected chi connectivity index (χ0v) is 17.8. The predicted molar refractivity (Wildman–Crippen MR) is 123 cm³/mol. The Morgan fingerprint density at radius 3 is 2.16 bits per heavy atom. The molecular weight excluding hydrogens is 404 g/mol. The zero-order chi connectivity index (χ0) is 22.5. The van der Waals surface area contributed by atoms with Crippen LogP contribution >= 0.6 is 0 Å². The van der Waals surface area contributed by atoms with E-state index in [9.17, 15) is 9.59 Å². The van der Waals surface area contributed by atoms with Gasteiger partial charge in [0.2, 0.25) is 5.91 Å². The molecule has 1 heterocycles. The first-order chi connectivity index (χ1) is 15.5. The van der Waals surface area contributed by atoms with Crippen LogP contribution in [0.5, 0.6) is 11.5 Å². The fourth-order valence-corrected chi connectivity index (χ4v) is 3.79. The topological polar surface area (TPSA) is 81.9 Å². The van der Waals surface area contributed by atoms with Crippen molar-refractivity contribution in [1.82, 2.24) is 4.90 Å². The summed E-state index contributed by atoms with van der Waals surface area (Å²) in [6, 6.07) is 21.6. The summed E-state index contributed by atoms with van der Waals surface area (Å²) < 4.78 is 10.7. The van der Waals surface area contributed by atoms with Crippen molar-refractivity contribution in [3.05, 3.63) is 89.5 Å². The number of rotatable bonds is 6. The van der Waals surface area contributed by atoms with Gasteiger partial charge < -0.3 is 20.1 Å². The molecule has 0 fully saturated rings. The molecule has 162 valence electrons. The summed E-state index contributed by atoms with van der Waals surface area (Å²) in [5, 5.41) is 0. The molecule has 0 saturated carbocycles. The third-order valence-corrected chi connectivity index (χ3v) is 5.33. The first-order valence-corrected chi connectivity index (χ1v) is 10.3. The van der Waals surface area contributed by atoms with E-state index in [1.807, 2.05) is 29.2 Å². The molecule has 0 saturated heterocycles. The smallest absolute Gasteiger partial charge is 0.255 e. The first-order valence-electron chi connectivity index (χ1n) is 10.3. The molecule has 6 heteroatoms. The summed E-state index contributed by atoms with van der Waals surface area (Å²) in [6.45, 7) is 0.844. The minimum Gasteiger partial charge on any atom is -0.493 e. The van der Waals surface area contributed by atoms with Gasteiger partial charge in [0.05, 0.1) is 7.11 Å². The number of nitrogens with zero attached hydrogens (tertiary/aromatic N) is 1. The summed E-state index contributed by atoms with van der Waals surface area (Å²) in [6.07, 6.45) is 3.31. The molecule has 32 heavy (non-hydrogen) atoms. The lowest BCUT2D eigenvalue weighted by atomic mass is 9.97. The van der Waals surface area contributed by atoms with E-state index in [-0.39, 0.29) is 12.5 Å². The van der Waals surface area contributed by atoms with Crippen LogP contribution in [0.25, 0.3) is 17.2 Å². The van der Waals surface area contributed by atoms with Crippen molar-refractivity contribution >= 4 is 17.9 Å². The second kappa shape index (κ2) is 9.39. The average Bonchev–Trinajstić information content (AvgIpc) is 2.98. The maximum atomic E-state index is 13.1. The van der Waals surface area contributed by atoms with E-state index in [0.29, 0.717) is 24.6 Å². The molecule has 3 aromatic carbocycles. The fraction of sp³-hybridized carbons (Fsp3) is 0.154. The third kappa shape index (κ3) is 4.64. The van der Waals surface area contributed by atoms with E-state index in [4.69, 9.17) is 15.2 Å². The highest BCUT2D eigenvalue weighted by molar-refractivity contribution is 5.92. The van der Waals surface area contributed by atoms with Crippen molar-refractivity contribution in [3.63, 3.8) is 0 Å². The lowest BCUT2D eigenvalue weighted by Gasteiger charge is -2.19. The van der Waals surface area contributed by atoms with Crippen LogP contribution in [0.2, 0.25) is 0 Å². The lowest BCUT2D eigenvalue weighted by molar-refractivity contribution is -0.127. The zero-order valence-electron chi connectivity index (χ0n) is 17.8. The number of carbonyl (C=O) groups is 2. The Kier molecular flexibility index (Phi) is 6.22. The summed E-state index contributed by atoms with van der Waals surface area (Å²) in [5.41, 5.74) is 10.5. The molecule has 0 spiro atoms. The number of primary amides is 1. The third-order valence-electron chi connectivity index (χ3n) is 5.33. The van der Waals surface area contributed by atoms with Gasteiger partial charge in [-0.15, -0.1) is 0 Å². The van der Waals surface area contributed by atoms with E-state index in [1.165, 1.54) is 18.2 Å². The molecule has 0 aromatic heterocycles. The Labute approximate surface area is 186 Å². The summed E-state index contributed by atoms with van der Waals surface area (Å²) in [4.78, 5) is 25.9. The quantitative estimate of drug-likeness (QED) is 0.606. The van der Waals surface area contributed by atoms with E-state index in [0.717, 1.165) is 16.7 Å². The molecule has 2 N–H and O–H groups in total. The normalized spacial score (nSPS) is 12.6. The molecule has 0 atom stereocenters. The van der Waals surface area contributed by atoms with Crippen molar-refractivity contribution < 1.29 is 19.1 Å². The van der Waals surface area contributed by atoms with Gasteiger partial charge in [-0.25, -0.2) is 0 Å². The van der Waals surface area contributed by atoms with Gasteiger partial charge >= 0.3 is 0 Å². The Bertz CT molecular complexity index is 1140.